The summed E-state index contributed by atoms with van der Waals surface area (Å²) in [7, 11) is 0. The van der Waals surface area contributed by atoms with Gasteiger partial charge in [-0.1, -0.05) is 31.5 Å². The van der Waals surface area contributed by atoms with Gasteiger partial charge < -0.3 is 10.4 Å². The zero-order valence-corrected chi connectivity index (χ0v) is 14.9. The number of benzene rings is 1. The van der Waals surface area contributed by atoms with Crippen LogP contribution >= 0.6 is 0 Å². The summed E-state index contributed by atoms with van der Waals surface area (Å²) < 4.78 is 39.5. The zero-order valence-electron chi connectivity index (χ0n) is 14.9. The molecule has 2 N–H and O–H groups in total. The number of pyridine rings is 1. The van der Waals surface area contributed by atoms with Crippen molar-refractivity contribution in [3.8, 4) is 0 Å². The molecule has 26 heavy (non-hydrogen) atoms. The van der Waals surface area contributed by atoms with Crippen molar-refractivity contribution in [1.29, 1.82) is 0 Å². The minimum Gasteiger partial charge on any atom is -0.393 e. The highest BCUT2D eigenvalue weighted by Gasteiger charge is 2.33. The number of hydrogen-bond donors (Lipinski definition) is 2. The first-order chi connectivity index (χ1) is 12.4. The van der Waals surface area contributed by atoms with E-state index in [0.29, 0.717) is 34.7 Å². The molecule has 0 spiro atoms. The molecule has 0 radical (unpaired) electrons. The lowest BCUT2D eigenvalue weighted by Gasteiger charge is -2.33. The lowest BCUT2D eigenvalue weighted by Crippen LogP contribution is -2.38. The fourth-order valence-corrected chi connectivity index (χ4v) is 4.01. The molecule has 1 saturated heterocycles. The number of halogens is 3. The standard InChI is InChI=1S/C20H25F3N2O/c1-2-13-12-24-8-7-14(13)9-16(26)10-15-11-19(20(21,22)23)25-18-6-4-3-5-17(15)18/h3-6,11,13-14,16,24,26H,2,7-10,12H2,1H3/t13-,14-,16?/m0/s1. The number of aromatic nitrogens is 1. The number of piperidine rings is 1. The van der Waals surface area contributed by atoms with E-state index in [1.165, 1.54) is 0 Å². The van der Waals surface area contributed by atoms with Crippen molar-refractivity contribution in [1.82, 2.24) is 10.3 Å². The van der Waals surface area contributed by atoms with Gasteiger partial charge in [0.1, 0.15) is 5.69 Å². The Kier molecular flexibility index (Phi) is 5.82. The molecule has 1 aromatic carbocycles. The Morgan fingerprint density at radius 2 is 2.04 bits per heavy atom. The molecule has 0 amide bonds. The zero-order chi connectivity index (χ0) is 18.7. The van der Waals surface area contributed by atoms with E-state index in [-0.39, 0.29) is 6.42 Å². The summed E-state index contributed by atoms with van der Waals surface area (Å²) in [6.45, 7) is 4.03. The van der Waals surface area contributed by atoms with Gasteiger partial charge in [0.25, 0.3) is 0 Å². The SMILES string of the molecule is CC[C@H]1CNCC[C@H]1CC(O)Cc1cc(C(F)(F)F)nc2ccccc12. The Labute approximate surface area is 151 Å². The molecule has 1 aliphatic heterocycles. The predicted octanol–water partition coefficient (Wildman–Crippen LogP) is 4.18. The van der Waals surface area contributed by atoms with E-state index in [1.807, 2.05) is 0 Å². The molecule has 1 fully saturated rings. The molecule has 3 rings (SSSR count). The van der Waals surface area contributed by atoms with E-state index in [2.05, 4.69) is 17.2 Å². The lowest BCUT2D eigenvalue weighted by molar-refractivity contribution is -0.141. The summed E-state index contributed by atoms with van der Waals surface area (Å²) in [5, 5.41) is 14.6. The van der Waals surface area contributed by atoms with Crippen molar-refractivity contribution in [2.24, 2.45) is 11.8 Å². The maximum Gasteiger partial charge on any atom is 0.433 e. The van der Waals surface area contributed by atoms with Crippen molar-refractivity contribution in [2.75, 3.05) is 13.1 Å². The summed E-state index contributed by atoms with van der Waals surface area (Å²) in [6.07, 6.45) is -2.27. The average molecular weight is 366 g/mol. The van der Waals surface area contributed by atoms with Crippen LogP contribution in [0.1, 0.15) is 37.4 Å². The molecule has 0 aliphatic carbocycles. The minimum atomic E-state index is -4.49. The first kappa shape index (κ1) is 19.1. The predicted molar refractivity (Wildman–Crippen MR) is 95.8 cm³/mol. The summed E-state index contributed by atoms with van der Waals surface area (Å²) in [5.41, 5.74) is -0.0677. The van der Waals surface area contributed by atoms with Crippen LogP contribution in [0.5, 0.6) is 0 Å². The van der Waals surface area contributed by atoms with Crippen LogP contribution in [0.2, 0.25) is 0 Å². The highest BCUT2D eigenvalue weighted by atomic mass is 19.4. The van der Waals surface area contributed by atoms with Crippen LogP contribution in [0.3, 0.4) is 0 Å². The van der Waals surface area contributed by atoms with E-state index in [9.17, 15) is 18.3 Å². The van der Waals surface area contributed by atoms with Crippen molar-refractivity contribution < 1.29 is 18.3 Å². The van der Waals surface area contributed by atoms with E-state index in [0.717, 1.165) is 32.0 Å². The molecule has 1 aliphatic rings. The maximum atomic E-state index is 13.2. The number of hydrogen-bond acceptors (Lipinski definition) is 3. The monoisotopic (exact) mass is 366 g/mol. The number of nitrogens with zero attached hydrogens (tertiary/aromatic N) is 1. The van der Waals surface area contributed by atoms with Crippen LogP contribution < -0.4 is 5.32 Å². The van der Waals surface area contributed by atoms with Gasteiger partial charge in [0, 0.05) is 5.39 Å². The van der Waals surface area contributed by atoms with Gasteiger partial charge in [-0.15, -0.1) is 0 Å². The molecule has 142 valence electrons. The third-order valence-electron chi connectivity index (χ3n) is 5.41. The van der Waals surface area contributed by atoms with E-state index in [1.54, 1.807) is 24.3 Å². The van der Waals surface area contributed by atoms with E-state index in [4.69, 9.17) is 0 Å². The minimum absolute atomic E-state index is 0.215. The Morgan fingerprint density at radius 3 is 2.77 bits per heavy atom. The van der Waals surface area contributed by atoms with Gasteiger partial charge in [0.2, 0.25) is 0 Å². The molecule has 0 bridgehead atoms. The van der Waals surface area contributed by atoms with Gasteiger partial charge in [-0.25, -0.2) is 4.98 Å². The molecular formula is C20H25F3N2O. The van der Waals surface area contributed by atoms with Crippen LogP contribution in [0, 0.1) is 11.8 Å². The molecule has 0 saturated carbocycles. The smallest absolute Gasteiger partial charge is 0.393 e. The fraction of sp³-hybridized carbons (Fsp3) is 0.550. The summed E-state index contributed by atoms with van der Waals surface area (Å²) in [4.78, 5) is 3.74. The van der Waals surface area contributed by atoms with E-state index >= 15 is 0 Å². The number of para-hydroxylation sites is 1. The normalized spacial score (nSPS) is 22.5. The summed E-state index contributed by atoms with van der Waals surface area (Å²) >= 11 is 0. The number of alkyl halides is 3. The van der Waals surface area contributed by atoms with Gasteiger partial charge >= 0.3 is 6.18 Å². The van der Waals surface area contributed by atoms with E-state index < -0.39 is 18.0 Å². The highest BCUT2D eigenvalue weighted by Crippen LogP contribution is 2.32. The second-order valence-corrected chi connectivity index (χ2v) is 7.20. The lowest BCUT2D eigenvalue weighted by atomic mass is 9.80. The topological polar surface area (TPSA) is 45.1 Å². The fourth-order valence-electron chi connectivity index (χ4n) is 4.01. The molecule has 3 atom stereocenters. The van der Waals surface area contributed by atoms with Gasteiger partial charge in [0.15, 0.2) is 0 Å². The Hall–Kier alpha value is -1.66. The molecule has 6 heteroatoms. The molecular weight excluding hydrogens is 341 g/mol. The third-order valence-corrected chi connectivity index (χ3v) is 5.41. The first-order valence-electron chi connectivity index (χ1n) is 9.23. The molecule has 2 aromatic rings. The second kappa shape index (κ2) is 7.92. The second-order valence-electron chi connectivity index (χ2n) is 7.20. The molecule has 3 nitrogen and oxygen atoms in total. The number of aliphatic hydroxyl groups excluding tert-OH is 1. The average Bonchev–Trinajstić information content (AvgIpc) is 2.61. The quantitative estimate of drug-likeness (QED) is 0.834. The summed E-state index contributed by atoms with van der Waals surface area (Å²) in [6, 6.07) is 7.90. The van der Waals surface area contributed by atoms with Gasteiger partial charge in [-0.05, 0) is 61.9 Å². The largest absolute Gasteiger partial charge is 0.433 e. The van der Waals surface area contributed by atoms with Crippen LogP contribution in [0.25, 0.3) is 10.9 Å². The first-order valence-corrected chi connectivity index (χ1v) is 9.23. The Morgan fingerprint density at radius 1 is 1.27 bits per heavy atom. The van der Waals surface area contributed by atoms with Crippen LogP contribution in [0.15, 0.2) is 30.3 Å². The number of nitrogens with one attached hydrogen (secondary N) is 1. The molecule has 2 heterocycles. The number of fused-ring (bicyclic) bond motifs is 1. The third kappa shape index (κ3) is 4.35. The van der Waals surface area contributed by atoms with Gasteiger partial charge in [-0.2, -0.15) is 13.2 Å². The van der Waals surface area contributed by atoms with Crippen LogP contribution in [-0.2, 0) is 12.6 Å². The Bertz CT molecular complexity index is 747. The maximum absolute atomic E-state index is 13.2. The molecule has 1 unspecified atom stereocenters. The van der Waals surface area contributed by atoms with Gasteiger partial charge in [0.05, 0.1) is 11.6 Å². The number of rotatable bonds is 5. The van der Waals surface area contributed by atoms with Gasteiger partial charge in [-0.3, -0.25) is 0 Å². The van der Waals surface area contributed by atoms with Crippen LogP contribution in [-0.4, -0.2) is 29.3 Å². The Balaban J connectivity index is 1.83. The van der Waals surface area contributed by atoms with Crippen molar-refractivity contribution >= 4 is 10.9 Å². The molecule has 1 aromatic heterocycles. The van der Waals surface area contributed by atoms with Crippen LogP contribution in [0.4, 0.5) is 13.2 Å². The van der Waals surface area contributed by atoms with Crippen molar-refractivity contribution in [3.05, 3.63) is 41.6 Å². The van der Waals surface area contributed by atoms with Crippen molar-refractivity contribution in [2.45, 2.75) is 44.9 Å². The van der Waals surface area contributed by atoms with Crippen molar-refractivity contribution in [3.63, 3.8) is 0 Å². The number of aliphatic hydroxyl groups is 1. The summed E-state index contributed by atoms with van der Waals surface area (Å²) in [5.74, 6) is 0.921. The highest BCUT2D eigenvalue weighted by molar-refractivity contribution is 5.82.